The second-order valence-corrected chi connectivity index (χ2v) is 8.66. The average molecular weight is 430 g/mol. The van der Waals surface area contributed by atoms with Gasteiger partial charge in [0.2, 0.25) is 11.3 Å². The minimum absolute atomic E-state index is 0.0584. The number of nitrogens with one attached hydrogen (secondary N) is 1. The van der Waals surface area contributed by atoms with E-state index in [1.807, 2.05) is 39.0 Å². The Balaban J connectivity index is 1.38. The van der Waals surface area contributed by atoms with Crippen LogP contribution in [0.5, 0.6) is 0 Å². The van der Waals surface area contributed by atoms with Crippen LogP contribution in [0.1, 0.15) is 27.2 Å². The van der Waals surface area contributed by atoms with Crippen molar-refractivity contribution in [2.75, 3.05) is 39.3 Å². The summed E-state index contributed by atoms with van der Waals surface area (Å²) in [4.78, 5) is 40.2. The van der Waals surface area contributed by atoms with Crippen LogP contribution in [0, 0.1) is 0 Å². The van der Waals surface area contributed by atoms with Gasteiger partial charge in [0.15, 0.2) is 0 Å². The number of nitrogens with zero attached hydrogens (tertiary/aromatic N) is 4. The maximum absolute atomic E-state index is 12.2. The van der Waals surface area contributed by atoms with E-state index in [0.717, 1.165) is 25.2 Å². The lowest BCUT2D eigenvalue weighted by atomic mass is 10.2. The Bertz CT molecular complexity index is 974. The number of benzene rings is 1. The zero-order chi connectivity index (χ0) is 22.4. The number of hydrogen-bond donors (Lipinski definition) is 1. The quantitative estimate of drug-likeness (QED) is 0.747. The van der Waals surface area contributed by atoms with E-state index < -0.39 is 5.60 Å². The molecule has 1 aromatic heterocycles. The monoisotopic (exact) mass is 429 g/mol. The first-order valence-corrected chi connectivity index (χ1v) is 10.6. The predicted molar refractivity (Wildman–Crippen MR) is 118 cm³/mol. The van der Waals surface area contributed by atoms with Crippen LogP contribution in [-0.4, -0.2) is 76.5 Å². The molecule has 0 saturated carbocycles. The molecule has 0 bridgehead atoms. The largest absolute Gasteiger partial charge is 0.444 e. The molecule has 1 aliphatic heterocycles. The maximum atomic E-state index is 12.2. The number of hydrogen-bond acceptors (Lipinski definition) is 6. The van der Waals surface area contributed by atoms with Gasteiger partial charge in [0.05, 0.1) is 18.3 Å². The molecule has 2 heterocycles. The number of aryl methyl sites for hydroxylation is 1. The van der Waals surface area contributed by atoms with E-state index in [-0.39, 0.29) is 23.9 Å². The molecule has 2 aromatic rings. The third-order valence-electron chi connectivity index (χ3n) is 5.09. The normalized spacial score (nSPS) is 15.1. The van der Waals surface area contributed by atoms with Gasteiger partial charge in [-0.05, 0) is 32.9 Å². The van der Waals surface area contributed by atoms with Crippen molar-refractivity contribution in [2.45, 2.75) is 39.3 Å². The fraction of sp³-hybridized carbons (Fsp3) is 0.545. The first-order valence-electron chi connectivity index (χ1n) is 10.6. The van der Waals surface area contributed by atoms with Crippen LogP contribution >= 0.6 is 0 Å². The predicted octanol–water partition coefficient (Wildman–Crippen LogP) is 1.46. The van der Waals surface area contributed by atoms with E-state index >= 15 is 0 Å². The summed E-state index contributed by atoms with van der Waals surface area (Å²) in [5.41, 5.74) is 0.115. The van der Waals surface area contributed by atoms with Crippen molar-refractivity contribution >= 4 is 22.9 Å². The summed E-state index contributed by atoms with van der Waals surface area (Å²) in [6, 6.07) is 7.26. The molecule has 1 saturated heterocycles. The van der Waals surface area contributed by atoms with Crippen LogP contribution in [0.3, 0.4) is 0 Å². The van der Waals surface area contributed by atoms with Crippen LogP contribution in [0.25, 0.3) is 10.9 Å². The Kier molecular flexibility index (Phi) is 7.27. The first kappa shape index (κ1) is 22.7. The van der Waals surface area contributed by atoms with Crippen molar-refractivity contribution in [1.29, 1.82) is 0 Å². The summed E-state index contributed by atoms with van der Waals surface area (Å²) >= 11 is 0. The third-order valence-corrected chi connectivity index (χ3v) is 5.09. The highest BCUT2D eigenvalue weighted by Gasteiger charge is 2.25. The van der Waals surface area contributed by atoms with Gasteiger partial charge in [0, 0.05) is 51.1 Å². The first-order chi connectivity index (χ1) is 14.7. The number of ether oxygens (including phenoxy) is 1. The lowest BCUT2D eigenvalue weighted by Crippen LogP contribution is -2.51. The van der Waals surface area contributed by atoms with E-state index in [1.165, 1.54) is 6.20 Å². The smallest absolute Gasteiger partial charge is 0.410 e. The molecule has 1 N–H and O–H groups in total. The van der Waals surface area contributed by atoms with E-state index in [9.17, 15) is 14.4 Å². The summed E-state index contributed by atoms with van der Waals surface area (Å²) in [6.07, 6.45) is 1.30. The zero-order valence-corrected chi connectivity index (χ0v) is 18.5. The molecule has 0 spiro atoms. The number of aromatic nitrogens is 2. The molecule has 0 aliphatic carbocycles. The fourth-order valence-electron chi connectivity index (χ4n) is 3.47. The average Bonchev–Trinajstić information content (AvgIpc) is 2.73. The number of rotatable bonds is 6. The maximum Gasteiger partial charge on any atom is 0.410 e. The van der Waals surface area contributed by atoms with Gasteiger partial charge in [-0.1, -0.05) is 12.1 Å². The molecule has 9 heteroatoms. The molecule has 1 fully saturated rings. The highest BCUT2D eigenvalue weighted by molar-refractivity contribution is 5.79. The van der Waals surface area contributed by atoms with Gasteiger partial charge in [-0.25, -0.2) is 4.79 Å². The SMILES string of the molecule is CC(C)(C)OC(=O)N1CCN(CCNC(=O)CCn2ncc(=O)c3ccccc32)CC1. The lowest BCUT2D eigenvalue weighted by molar-refractivity contribution is -0.121. The van der Waals surface area contributed by atoms with Crippen LogP contribution in [-0.2, 0) is 16.1 Å². The van der Waals surface area contributed by atoms with Crippen molar-refractivity contribution in [3.05, 3.63) is 40.7 Å². The lowest BCUT2D eigenvalue weighted by Gasteiger charge is -2.35. The summed E-state index contributed by atoms with van der Waals surface area (Å²) in [7, 11) is 0. The standard InChI is InChI=1S/C22H31N5O4/c1-22(2,3)31-21(30)26-14-12-25(13-15-26)11-9-23-20(29)8-10-27-18-7-5-4-6-17(18)19(28)16-24-27/h4-7,16H,8-15H2,1-3H3,(H,23,29). The minimum atomic E-state index is -0.490. The second kappa shape index (κ2) is 9.91. The Morgan fingerprint density at radius 2 is 1.81 bits per heavy atom. The number of amides is 2. The second-order valence-electron chi connectivity index (χ2n) is 8.66. The highest BCUT2D eigenvalue weighted by Crippen LogP contribution is 2.12. The van der Waals surface area contributed by atoms with Crippen LogP contribution in [0.2, 0.25) is 0 Å². The molecule has 168 valence electrons. The number of carbonyl (C=O) groups excluding carboxylic acids is 2. The zero-order valence-electron chi connectivity index (χ0n) is 18.5. The molecule has 0 unspecified atom stereocenters. The molecule has 9 nitrogen and oxygen atoms in total. The van der Waals surface area contributed by atoms with E-state index in [1.54, 1.807) is 15.6 Å². The van der Waals surface area contributed by atoms with Gasteiger partial charge in [-0.15, -0.1) is 0 Å². The fourth-order valence-corrected chi connectivity index (χ4v) is 3.47. The molecule has 2 amide bonds. The third kappa shape index (κ3) is 6.52. The van der Waals surface area contributed by atoms with Crippen molar-refractivity contribution in [1.82, 2.24) is 24.9 Å². The molecule has 1 aliphatic rings. The molecule has 1 aromatic carbocycles. The Morgan fingerprint density at radius 3 is 2.52 bits per heavy atom. The molecule has 0 radical (unpaired) electrons. The van der Waals surface area contributed by atoms with E-state index in [2.05, 4.69) is 15.3 Å². The number of fused-ring (bicyclic) bond motifs is 1. The number of carbonyl (C=O) groups is 2. The molecule has 0 atom stereocenters. The van der Waals surface area contributed by atoms with Gasteiger partial charge in [0.1, 0.15) is 5.60 Å². The van der Waals surface area contributed by atoms with Gasteiger partial charge in [-0.2, -0.15) is 5.10 Å². The summed E-state index contributed by atoms with van der Waals surface area (Å²) < 4.78 is 7.10. The van der Waals surface area contributed by atoms with Crippen molar-refractivity contribution < 1.29 is 14.3 Å². The van der Waals surface area contributed by atoms with Crippen molar-refractivity contribution in [2.24, 2.45) is 0 Å². The highest BCUT2D eigenvalue weighted by atomic mass is 16.6. The molecular weight excluding hydrogens is 398 g/mol. The Hall–Kier alpha value is -2.94. The van der Waals surface area contributed by atoms with Crippen LogP contribution < -0.4 is 10.7 Å². The summed E-state index contributed by atoms with van der Waals surface area (Å²) in [5, 5.41) is 7.69. The van der Waals surface area contributed by atoms with Gasteiger partial charge in [-0.3, -0.25) is 19.2 Å². The van der Waals surface area contributed by atoms with Gasteiger partial charge < -0.3 is 15.0 Å². The topological polar surface area (TPSA) is 96.8 Å². The summed E-state index contributed by atoms with van der Waals surface area (Å²) in [5.74, 6) is -0.0584. The van der Waals surface area contributed by atoms with Crippen LogP contribution in [0.15, 0.2) is 35.3 Å². The minimum Gasteiger partial charge on any atom is -0.444 e. The Labute approximate surface area is 182 Å². The molecule has 3 rings (SSSR count). The molecular formula is C22H31N5O4. The Morgan fingerprint density at radius 1 is 1.10 bits per heavy atom. The van der Waals surface area contributed by atoms with Gasteiger partial charge in [0.25, 0.3) is 0 Å². The van der Waals surface area contributed by atoms with Crippen molar-refractivity contribution in [3.8, 4) is 0 Å². The van der Waals surface area contributed by atoms with Gasteiger partial charge >= 0.3 is 6.09 Å². The van der Waals surface area contributed by atoms with E-state index in [0.29, 0.717) is 31.6 Å². The molecule has 31 heavy (non-hydrogen) atoms. The summed E-state index contributed by atoms with van der Waals surface area (Å²) in [6.45, 7) is 10.0. The van der Waals surface area contributed by atoms with E-state index in [4.69, 9.17) is 4.74 Å². The number of piperazine rings is 1. The van der Waals surface area contributed by atoms with Crippen LogP contribution in [0.4, 0.5) is 4.79 Å². The van der Waals surface area contributed by atoms with Crippen molar-refractivity contribution in [3.63, 3.8) is 0 Å². The number of para-hydroxylation sites is 1.